The van der Waals surface area contributed by atoms with Gasteiger partial charge in [-0.25, -0.2) is 0 Å². The third-order valence-corrected chi connectivity index (χ3v) is 4.06. The predicted molar refractivity (Wildman–Crippen MR) is 90.8 cm³/mol. The van der Waals surface area contributed by atoms with Crippen molar-refractivity contribution in [2.75, 3.05) is 39.9 Å². The number of piperazine rings is 1. The molecule has 1 N–H and O–H groups in total. The molecule has 0 saturated carbocycles. The Morgan fingerprint density at radius 2 is 1.91 bits per heavy atom. The number of nitrogens with one attached hydrogen (secondary N) is 1. The number of hydrogen-bond acceptors (Lipinski definition) is 3. The van der Waals surface area contributed by atoms with Crippen LogP contribution >= 0.6 is 0 Å². The maximum Gasteiger partial charge on any atom is 0.107 e. The molecule has 1 aliphatic rings. The van der Waals surface area contributed by atoms with E-state index >= 15 is 0 Å². The van der Waals surface area contributed by atoms with Gasteiger partial charge >= 0.3 is 0 Å². The van der Waals surface area contributed by atoms with E-state index in [4.69, 9.17) is 4.74 Å². The fourth-order valence-corrected chi connectivity index (χ4v) is 2.91. The number of nitrogens with zero attached hydrogens (tertiary/aromatic N) is 1. The smallest absolute Gasteiger partial charge is 0.107 e. The molecule has 0 amide bonds. The molecule has 3 rings (SSSR count). The highest BCUT2D eigenvalue weighted by Crippen LogP contribution is 2.24. The Bertz CT molecular complexity index is 680. The quantitative estimate of drug-likeness (QED) is 0.880. The lowest BCUT2D eigenvalue weighted by atomic mass is 10.0. The normalized spacial score (nSPS) is 17.0. The average Bonchev–Trinajstić information content (AvgIpc) is 2.59. The lowest BCUT2D eigenvalue weighted by Crippen LogP contribution is -2.44. The van der Waals surface area contributed by atoms with Crippen molar-refractivity contribution in [1.82, 2.24) is 10.2 Å². The molecular formula is C19H22N2O. The largest absolute Gasteiger partial charge is 0.372 e. The van der Waals surface area contributed by atoms with Crippen LogP contribution in [0.15, 0.2) is 42.5 Å². The van der Waals surface area contributed by atoms with Gasteiger partial charge in [0.05, 0.1) is 6.04 Å². The first kappa shape index (κ1) is 15.1. The third kappa shape index (κ3) is 3.48. The molecule has 1 aliphatic heterocycles. The summed E-state index contributed by atoms with van der Waals surface area (Å²) in [5, 5.41) is 5.95. The highest BCUT2D eigenvalue weighted by atomic mass is 16.5. The van der Waals surface area contributed by atoms with Crippen LogP contribution in [-0.4, -0.2) is 44.8 Å². The Morgan fingerprint density at radius 1 is 1.14 bits per heavy atom. The Labute approximate surface area is 132 Å². The molecule has 3 heteroatoms. The van der Waals surface area contributed by atoms with E-state index in [2.05, 4.69) is 64.5 Å². The Hall–Kier alpha value is -1.86. The van der Waals surface area contributed by atoms with Gasteiger partial charge < -0.3 is 10.1 Å². The van der Waals surface area contributed by atoms with Gasteiger partial charge in [0.2, 0.25) is 0 Å². The highest BCUT2D eigenvalue weighted by molar-refractivity contribution is 5.83. The van der Waals surface area contributed by atoms with Crippen LogP contribution in [0.1, 0.15) is 11.6 Å². The number of benzene rings is 2. The molecule has 0 bridgehead atoms. The van der Waals surface area contributed by atoms with Crippen molar-refractivity contribution in [3.63, 3.8) is 0 Å². The summed E-state index contributed by atoms with van der Waals surface area (Å²) in [6.07, 6.45) is 0. The van der Waals surface area contributed by atoms with Crippen molar-refractivity contribution < 1.29 is 4.74 Å². The lowest BCUT2D eigenvalue weighted by molar-refractivity contribution is 0.208. The number of ether oxygens (including phenoxy) is 1. The summed E-state index contributed by atoms with van der Waals surface area (Å²) >= 11 is 0. The molecule has 0 aromatic heterocycles. The molecule has 0 radical (unpaired) electrons. The Morgan fingerprint density at radius 3 is 2.68 bits per heavy atom. The zero-order valence-corrected chi connectivity index (χ0v) is 13.0. The van der Waals surface area contributed by atoms with Crippen molar-refractivity contribution >= 4 is 10.8 Å². The number of hydrogen-bond donors (Lipinski definition) is 1. The highest BCUT2D eigenvalue weighted by Gasteiger charge is 2.20. The maximum absolute atomic E-state index is 5.08. The second-order valence-corrected chi connectivity index (χ2v) is 5.55. The summed E-state index contributed by atoms with van der Waals surface area (Å²) < 4.78 is 5.08. The fourth-order valence-electron chi connectivity index (χ4n) is 2.91. The van der Waals surface area contributed by atoms with Crippen LogP contribution in [0.5, 0.6) is 0 Å². The van der Waals surface area contributed by atoms with Crippen LogP contribution in [0.25, 0.3) is 10.8 Å². The number of methoxy groups -OCH3 is 1. The van der Waals surface area contributed by atoms with E-state index in [1.165, 1.54) is 16.3 Å². The maximum atomic E-state index is 5.08. The van der Waals surface area contributed by atoms with Crippen LogP contribution < -0.4 is 5.32 Å². The SMILES string of the molecule is COCC#CC(c1ccc2ccccc2c1)N1CCNCC1. The van der Waals surface area contributed by atoms with E-state index in [0.717, 1.165) is 26.2 Å². The minimum absolute atomic E-state index is 0.141. The van der Waals surface area contributed by atoms with Crippen molar-refractivity contribution in [3.8, 4) is 11.8 Å². The van der Waals surface area contributed by atoms with E-state index in [-0.39, 0.29) is 6.04 Å². The zero-order chi connectivity index (χ0) is 15.2. The monoisotopic (exact) mass is 294 g/mol. The standard InChI is InChI=1S/C19H22N2O/c1-22-14-4-7-19(21-12-10-20-11-13-21)18-9-8-16-5-2-3-6-17(16)15-18/h2-3,5-6,8-9,15,19-20H,10-14H2,1H3. The summed E-state index contributed by atoms with van der Waals surface area (Å²) in [6, 6.07) is 15.3. The third-order valence-electron chi connectivity index (χ3n) is 4.06. The minimum atomic E-state index is 0.141. The Balaban J connectivity index is 1.93. The second kappa shape index (κ2) is 7.42. The fraction of sp³-hybridized carbons (Fsp3) is 0.368. The van der Waals surface area contributed by atoms with Crippen LogP contribution in [0.2, 0.25) is 0 Å². The van der Waals surface area contributed by atoms with E-state index in [0.29, 0.717) is 6.61 Å². The molecule has 0 spiro atoms. The van der Waals surface area contributed by atoms with Crippen LogP contribution in [-0.2, 0) is 4.74 Å². The first-order chi connectivity index (χ1) is 10.9. The van der Waals surface area contributed by atoms with Gasteiger partial charge in [-0.05, 0) is 22.4 Å². The Kier molecular flexibility index (Phi) is 5.07. The van der Waals surface area contributed by atoms with Crippen LogP contribution in [0, 0.1) is 11.8 Å². The van der Waals surface area contributed by atoms with Crippen molar-refractivity contribution in [2.45, 2.75) is 6.04 Å². The summed E-state index contributed by atoms with van der Waals surface area (Å²) in [5.41, 5.74) is 1.27. The molecule has 1 unspecified atom stereocenters. The predicted octanol–water partition coefficient (Wildman–Crippen LogP) is 2.44. The van der Waals surface area contributed by atoms with Crippen LogP contribution in [0.3, 0.4) is 0 Å². The van der Waals surface area contributed by atoms with Gasteiger partial charge in [0.1, 0.15) is 6.61 Å². The topological polar surface area (TPSA) is 24.5 Å². The zero-order valence-electron chi connectivity index (χ0n) is 13.0. The number of rotatable bonds is 3. The first-order valence-electron chi connectivity index (χ1n) is 7.79. The molecule has 0 aliphatic carbocycles. The number of fused-ring (bicyclic) bond motifs is 1. The molecular weight excluding hydrogens is 272 g/mol. The molecule has 2 aromatic rings. The van der Waals surface area contributed by atoms with Gasteiger partial charge in [0, 0.05) is 33.3 Å². The molecule has 1 atom stereocenters. The van der Waals surface area contributed by atoms with Gasteiger partial charge in [-0.3, -0.25) is 4.90 Å². The van der Waals surface area contributed by atoms with Gasteiger partial charge in [0.15, 0.2) is 0 Å². The van der Waals surface area contributed by atoms with Gasteiger partial charge in [0.25, 0.3) is 0 Å². The molecule has 114 valence electrons. The summed E-state index contributed by atoms with van der Waals surface area (Å²) in [7, 11) is 1.69. The van der Waals surface area contributed by atoms with E-state index in [9.17, 15) is 0 Å². The molecule has 3 nitrogen and oxygen atoms in total. The molecule has 2 aromatic carbocycles. The lowest BCUT2D eigenvalue weighted by Gasteiger charge is -2.32. The summed E-state index contributed by atoms with van der Waals surface area (Å²) in [6.45, 7) is 4.58. The van der Waals surface area contributed by atoms with E-state index < -0.39 is 0 Å². The molecule has 1 fully saturated rings. The summed E-state index contributed by atoms with van der Waals surface area (Å²) in [4.78, 5) is 2.45. The second-order valence-electron chi connectivity index (χ2n) is 5.55. The summed E-state index contributed by atoms with van der Waals surface area (Å²) in [5.74, 6) is 6.54. The first-order valence-corrected chi connectivity index (χ1v) is 7.79. The van der Waals surface area contributed by atoms with Crippen molar-refractivity contribution in [1.29, 1.82) is 0 Å². The van der Waals surface area contributed by atoms with E-state index in [1.807, 2.05) is 0 Å². The van der Waals surface area contributed by atoms with Crippen LogP contribution in [0.4, 0.5) is 0 Å². The van der Waals surface area contributed by atoms with E-state index in [1.54, 1.807) is 7.11 Å². The van der Waals surface area contributed by atoms with Crippen molar-refractivity contribution in [3.05, 3.63) is 48.0 Å². The van der Waals surface area contributed by atoms with Gasteiger partial charge in [-0.1, -0.05) is 48.2 Å². The van der Waals surface area contributed by atoms with Gasteiger partial charge in [-0.15, -0.1) is 0 Å². The molecule has 22 heavy (non-hydrogen) atoms. The van der Waals surface area contributed by atoms with Crippen molar-refractivity contribution in [2.24, 2.45) is 0 Å². The average molecular weight is 294 g/mol. The minimum Gasteiger partial charge on any atom is -0.372 e. The molecule has 1 heterocycles. The van der Waals surface area contributed by atoms with Gasteiger partial charge in [-0.2, -0.15) is 0 Å². The molecule has 1 saturated heterocycles.